The summed E-state index contributed by atoms with van der Waals surface area (Å²) in [5, 5.41) is 12.6. The van der Waals surface area contributed by atoms with Crippen LogP contribution < -0.4 is 5.32 Å². The van der Waals surface area contributed by atoms with Gasteiger partial charge in [0.15, 0.2) is 5.16 Å². The van der Waals surface area contributed by atoms with Gasteiger partial charge in [-0.3, -0.25) is 4.79 Å². The zero-order valence-electron chi connectivity index (χ0n) is 14.0. The number of ether oxygens (including phenoxy) is 1. The smallest absolute Gasteiger partial charge is 0.234 e. The first-order valence-electron chi connectivity index (χ1n) is 7.61. The molecule has 0 bridgehead atoms. The summed E-state index contributed by atoms with van der Waals surface area (Å²) in [5.74, 6) is 1.28. The van der Waals surface area contributed by atoms with Crippen molar-refractivity contribution in [1.82, 2.24) is 14.8 Å². The summed E-state index contributed by atoms with van der Waals surface area (Å²) in [5.41, 5.74) is 0.678. The van der Waals surface area contributed by atoms with Gasteiger partial charge in [-0.15, -0.1) is 10.2 Å². The van der Waals surface area contributed by atoms with Gasteiger partial charge in [0.25, 0.3) is 0 Å². The van der Waals surface area contributed by atoms with Crippen LogP contribution in [0.2, 0.25) is 5.02 Å². The number of nitrogens with one attached hydrogen (secondary N) is 1. The molecule has 1 aromatic carbocycles. The number of nitrogens with zero attached hydrogens (tertiary/aromatic N) is 3. The van der Waals surface area contributed by atoms with Gasteiger partial charge in [0.1, 0.15) is 5.82 Å². The van der Waals surface area contributed by atoms with E-state index in [4.69, 9.17) is 16.3 Å². The molecule has 6 nitrogen and oxygen atoms in total. The standard InChI is InChI=1S/C16H21ClN4O2S/c1-11(2)15-19-20-16(21(15)7-8-23-3)24-10-14(22)18-13-6-4-5-12(17)9-13/h4-6,9,11H,7-8,10H2,1-3H3,(H,18,22). The van der Waals surface area contributed by atoms with Crippen molar-refractivity contribution in [2.24, 2.45) is 0 Å². The number of amides is 1. The second kappa shape index (κ2) is 9.05. The third kappa shape index (κ3) is 5.22. The van der Waals surface area contributed by atoms with E-state index in [1.807, 2.05) is 4.57 Å². The fraction of sp³-hybridized carbons (Fsp3) is 0.438. The van der Waals surface area contributed by atoms with E-state index in [0.717, 1.165) is 11.0 Å². The molecule has 0 unspecified atom stereocenters. The van der Waals surface area contributed by atoms with Crippen LogP contribution in [0, 0.1) is 0 Å². The van der Waals surface area contributed by atoms with Gasteiger partial charge in [-0.2, -0.15) is 0 Å². The largest absolute Gasteiger partial charge is 0.383 e. The maximum absolute atomic E-state index is 12.1. The molecule has 2 rings (SSSR count). The van der Waals surface area contributed by atoms with E-state index in [0.29, 0.717) is 23.9 Å². The number of rotatable bonds is 8. The second-order valence-corrected chi connectivity index (χ2v) is 6.87. The highest BCUT2D eigenvalue weighted by Crippen LogP contribution is 2.22. The summed E-state index contributed by atoms with van der Waals surface area (Å²) < 4.78 is 7.15. The van der Waals surface area contributed by atoms with Crippen LogP contribution in [0.5, 0.6) is 0 Å². The van der Waals surface area contributed by atoms with E-state index in [2.05, 4.69) is 29.4 Å². The summed E-state index contributed by atoms with van der Waals surface area (Å²) in [4.78, 5) is 12.1. The Morgan fingerprint density at radius 2 is 2.21 bits per heavy atom. The third-order valence-electron chi connectivity index (χ3n) is 3.22. The molecule has 1 heterocycles. The summed E-state index contributed by atoms with van der Waals surface area (Å²) in [6.45, 7) is 5.36. The number of anilines is 1. The van der Waals surface area contributed by atoms with Gasteiger partial charge in [-0.1, -0.05) is 43.3 Å². The number of carbonyl (C=O) groups is 1. The minimum Gasteiger partial charge on any atom is -0.383 e. The molecule has 0 aliphatic carbocycles. The first kappa shape index (κ1) is 18.8. The molecule has 1 N–H and O–H groups in total. The molecule has 130 valence electrons. The van der Waals surface area contributed by atoms with E-state index in [9.17, 15) is 4.79 Å². The molecule has 1 aromatic heterocycles. The highest BCUT2D eigenvalue weighted by molar-refractivity contribution is 7.99. The molecule has 0 saturated heterocycles. The normalized spacial score (nSPS) is 11.0. The monoisotopic (exact) mass is 368 g/mol. The number of hydrogen-bond donors (Lipinski definition) is 1. The van der Waals surface area contributed by atoms with E-state index >= 15 is 0 Å². The Balaban J connectivity index is 1.99. The summed E-state index contributed by atoms with van der Waals surface area (Å²) in [7, 11) is 1.66. The van der Waals surface area contributed by atoms with Crippen LogP contribution >= 0.6 is 23.4 Å². The van der Waals surface area contributed by atoms with Crippen molar-refractivity contribution < 1.29 is 9.53 Å². The molecule has 0 radical (unpaired) electrons. The number of aromatic nitrogens is 3. The fourth-order valence-electron chi connectivity index (χ4n) is 2.12. The Morgan fingerprint density at radius 1 is 1.42 bits per heavy atom. The van der Waals surface area contributed by atoms with Gasteiger partial charge in [0, 0.05) is 30.3 Å². The summed E-state index contributed by atoms with van der Waals surface area (Å²) in [6.07, 6.45) is 0. The van der Waals surface area contributed by atoms with Crippen LogP contribution in [0.3, 0.4) is 0 Å². The quantitative estimate of drug-likeness (QED) is 0.723. The topological polar surface area (TPSA) is 69.0 Å². The Kier molecular flexibility index (Phi) is 7.08. The first-order chi connectivity index (χ1) is 11.5. The van der Waals surface area contributed by atoms with E-state index in [1.165, 1.54) is 11.8 Å². The van der Waals surface area contributed by atoms with Gasteiger partial charge in [-0.25, -0.2) is 0 Å². The molecular formula is C16H21ClN4O2S. The predicted molar refractivity (Wildman–Crippen MR) is 96.8 cm³/mol. The summed E-state index contributed by atoms with van der Waals surface area (Å²) in [6, 6.07) is 7.06. The number of benzene rings is 1. The molecule has 0 aliphatic rings. The lowest BCUT2D eigenvalue weighted by atomic mass is 10.2. The number of methoxy groups -OCH3 is 1. The number of thioether (sulfide) groups is 1. The Hall–Kier alpha value is -1.57. The maximum atomic E-state index is 12.1. The van der Waals surface area contributed by atoms with E-state index in [1.54, 1.807) is 31.4 Å². The van der Waals surface area contributed by atoms with Gasteiger partial charge in [-0.05, 0) is 18.2 Å². The highest BCUT2D eigenvalue weighted by Gasteiger charge is 2.16. The number of hydrogen-bond acceptors (Lipinski definition) is 5. The first-order valence-corrected chi connectivity index (χ1v) is 8.98. The average molecular weight is 369 g/mol. The molecule has 1 amide bonds. The molecule has 2 aromatic rings. The van der Waals surface area contributed by atoms with Gasteiger partial charge < -0.3 is 14.6 Å². The Bertz CT molecular complexity index is 690. The highest BCUT2D eigenvalue weighted by atomic mass is 35.5. The van der Waals surface area contributed by atoms with Crippen LogP contribution in [-0.4, -0.2) is 40.1 Å². The van der Waals surface area contributed by atoms with E-state index in [-0.39, 0.29) is 17.6 Å². The molecule has 0 atom stereocenters. The fourth-order valence-corrected chi connectivity index (χ4v) is 3.08. The van der Waals surface area contributed by atoms with Crippen molar-refractivity contribution in [3.05, 3.63) is 35.1 Å². The second-order valence-electron chi connectivity index (χ2n) is 5.49. The average Bonchev–Trinajstić information content (AvgIpc) is 2.94. The lowest BCUT2D eigenvalue weighted by Crippen LogP contribution is -2.15. The SMILES string of the molecule is COCCn1c(SCC(=O)Nc2cccc(Cl)c2)nnc1C(C)C. The zero-order chi connectivity index (χ0) is 17.5. The summed E-state index contributed by atoms with van der Waals surface area (Å²) >= 11 is 7.27. The van der Waals surface area contributed by atoms with Crippen molar-refractivity contribution in [2.75, 3.05) is 24.8 Å². The number of halogens is 1. The predicted octanol–water partition coefficient (Wildman–Crippen LogP) is 3.43. The third-order valence-corrected chi connectivity index (χ3v) is 4.42. The van der Waals surface area contributed by atoms with Gasteiger partial charge >= 0.3 is 0 Å². The molecule has 0 saturated carbocycles. The lowest BCUT2D eigenvalue weighted by molar-refractivity contribution is -0.113. The molecule has 8 heteroatoms. The van der Waals surface area contributed by atoms with Crippen LogP contribution in [0.25, 0.3) is 0 Å². The Labute approximate surface area is 150 Å². The van der Waals surface area contributed by atoms with Gasteiger partial charge in [0.2, 0.25) is 5.91 Å². The van der Waals surface area contributed by atoms with Gasteiger partial charge in [0.05, 0.1) is 12.4 Å². The molecule has 0 aliphatic heterocycles. The minimum atomic E-state index is -0.116. The van der Waals surface area contributed by atoms with Crippen LogP contribution in [0.15, 0.2) is 29.4 Å². The molecule has 24 heavy (non-hydrogen) atoms. The Morgan fingerprint density at radius 3 is 2.88 bits per heavy atom. The van der Waals surface area contributed by atoms with Crippen molar-refractivity contribution >= 4 is 35.0 Å². The van der Waals surface area contributed by atoms with Crippen molar-refractivity contribution in [1.29, 1.82) is 0 Å². The lowest BCUT2D eigenvalue weighted by Gasteiger charge is -2.11. The van der Waals surface area contributed by atoms with Crippen LogP contribution in [0.4, 0.5) is 5.69 Å². The molecule has 0 fully saturated rings. The maximum Gasteiger partial charge on any atom is 0.234 e. The van der Waals surface area contributed by atoms with E-state index < -0.39 is 0 Å². The molecule has 0 spiro atoms. The van der Waals surface area contributed by atoms with Crippen LogP contribution in [-0.2, 0) is 16.1 Å². The number of carbonyl (C=O) groups excluding carboxylic acids is 1. The molecular weight excluding hydrogens is 348 g/mol. The van der Waals surface area contributed by atoms with Crippen molar-refractivity contribution in [3.63, 3.8) is 0 Å². The zero-order valence-corrected chi connectivity index (χ0v) is 15.5. The van der Waals surface area contributed by atoms with Crippen molar-refractivity contribution in [3.8, 4) is 0 Å². The van der Waals surface area contributed by atoms with Crippen molar-refractivity contribution in [2.45, 2.75) is 31.5 Å². The van der Waals surface area contributed by atoms with Crippen LogP contribution in [0.1, 0.15) is 25.6 Å². The minimum absolute atomic E-state index is 0.116.